The van der Waals surface area contributed by atoms with Crippen molar-refractivity contribution in [2.75, 3.05) is 0 Å². The van der Waals surface area contributed by atoms with Crippen LogP contribution in [0.2, 0.25) is 0 Å². The van der Waals surface area contributed by atoms with E-state index in [1.807, 2.05) is 20.8 Å². The van der Waals surface area contributed by atoms with Crippen LogP contribution < -0.4 is 0 Å². The molecule has 0 spiro atoms. The van der Waals surface area contributed by atoms with Crippen molar-refractivity contribution in [3.05, 3.63) is 11.6 Å². The average molecular weight is 503 g/mol. The Kier molecular flexibility index (Phi) is 5.70. The van der Waals surface area contributed by atoms with Gasteiger partial charge in [-0.2, -0.15) is 0 Å². The van der Waals surface area contributed by atoms with Gasteiger partial charge in [0.25, 0.3) is 0 Å². The molecule has 0 radical (unpaired) electrons. The van der Waals surface area contributed by atoms with Gasteiger partial charge in [0.2, 0.25) is 0 Å². The molecule has 6 nitrogen and oxygen atoms in total. The van der Waals surface area contributed by atoms with E-state index in [1.54, 1.807) is 13.8 Å². The van der Waals surface area contributed by atoms with E-state index >= 15 is 0 Å². The minimum Gasteiger partial charge on any atom is -0.390 e. The molecule has 5 aliphatic rings. The van der Waals surface area contributed by atoms with Crippen LogP contribution in [0.3, 0.4) is 0 Å². The molecule has 11 atom stereocenters. The van der Waals surface area contributed by atoms with E-state index in [0.717, 1.165) is 18.4 Å². The molecule has 4 fully saturated rings. The highest BCUT2D eigenvalue weighted by molar-refractivity contribution is 5.89. The predicted molar refractivity (Wildman–Crippen MR) is 136 cm³/mol. The number of allylic oxidation sites excluding steroid dienone is 1. The first-order chi connectivity index (χ1) is 16.4. The van der Waals surface area contributed by atoms with Gasteiger partial charge in [0.05, 0.1) is 30.0 Å². The molecular formula is C30H46O6. The zero-order valence-corrected chi connectivity index (χ0v) is 23.3. The summed E-state index contributed by atoms with van der Waals surface area (Å²) in [5.74, 6) is -0.0818. The minimum atomic E-state index is -1.13. The van der Waals surface area contributed by atoms with Crippen molar-refractivity contribution in [3.63, 3.8) is 0 Å². The van der Waals surface area contributed by atoms with Gasteiger partial charge < -0.3 is 20.1 Å². The maximum absolute atomic E-state index is 14.3. The Morgan fingerprint density at radius 3 is 2.31 bits per heavy atom. The monoisotopic (exact) mass is 502 g/mol. The number of aliphatic hydroxyl groups excluding tert-OH is 2. The number of fused-ring (bicyclic) bond motifs is 7. The quantitative estimate of drug-likeness (QED) is 0.471. The van der Waals surface area contributed by atoms with Gasteiger partial charge in [0.15, 0.2) is 0 Å². The molecule has 3 N–H and O–H groups in total. The molecule has 0 aromatic carbocycles. The van der Waals surface area contributed by atoms with Crippen LogP contribution >= 0.6 is 0 Å². The van der Waals surface area contributed by atoms with Crippen molar-refractivity contribution in [1.29, 1.82) is 0 Å². The summed E-state index contributed by atoms with van der Waals surface area (Å²) in [6.45, 7) is 16.0. The molecular weight excluding hydrogens is 456 g/mol. The molecule has 3 saturated carbocycles. The fourth-order valence-corrected chi connectivity index (χ4v) is 9.82. The van der Waals surface area contributed by atoms with E-state index in [0.29, 0.717) is 12.8 Å². The summed E-state index contributed by atoms with van der Waals surface area (Å²) in [6, 6.07) is 0. The lowest BCUT2D eigenvalue weighted by molar-refractivity contribution is -0.177. The van der Waals surface area contributed by atoms with Crippen LogP contribution in [-0.4, -0.2) is 56.9 Å². The number of hydrogen-bond donors (Lipinski definition) is 3. The molecule has 5 rings (SSSR count). The fraction of sp³-hybridized carbons (Fsp3) is 0.867. The zero-order valence-electron chi connectivity index (χ0n) is 23.3. The lowest BCUT2D eigenvalue weighted by Gasteiger charge is -2.64. The molecule has 202 valence electrons. The largest absolute Gasteiger partial charge is 0.390 e. The first-order valence-corrected chi connectivity index (χ1v) is 13.9. The lowest BCUT2D eigenvalue weighted by Crippen LogP contribution is -2.64. The van der Waals surface area contributed by atoms with Gasteiger partial charge in [-0.1, -0.05) is 53.2 Å². The van der Waals surface area contributed by atoms with Crippen LogP contribution in [0.1, 0.15) is 87.5 Å². The predicted octanol–water partition coefficient (Wildman–Crippen LogP) is 3.85. The second-order valence-electron chi connectivity index (χ2n) is 14.7. The Balaban J connectivity index is 1.61. The van der Waals surface area contributed by atoms with Crippen LogP contribution in [0.5, 0.6) is 0 Å². The summed E-state index contributed by atoms with van der Waals surface area (Å²) < 4.78 is 6.61. The first kappa shape index (κ1) is 26.5. The number of aliphatic hydroxyl groups is 3. The summed E-state index contributed by atoms with van der Waals surface area (Å²) in [7, 11) is 0. The molecule has 0 bridgehead atoms. The zero-order chi connectivity index (χ0) is 26.8. The molecule has 36 heavy (non-hydrogen) atoms. The van der Waals surface area contributed by atoms with E-state index in [4.69, 9.17) is 4.74 Å². The maximum Gasteiger partial charge on any atom is 0.140 e. The Hall–Kier alpha value is -1.08. The number of carbonyl (C=O) groups excluding carboxylic acids is 2. The summed E-state index contributed by atoms with van der Waals surface area (Å²) in [4.78, 5) is 27.7. The standard InChI is InChI=1S/C30H46O6/c1-15-18(31)12-23(27(4,5)35)36-20-13-28(6)21-10-9-16-17(11-19(32)25(34)26(16,2)3)30(21,8)22(33)14-29(28,7)24(15)20/h9,15,17,19-21,23-25,32,34-35H,10-14H2,1-8H3/t15-,17+,19+,20-,21-,23-,24-,25+,28-,29+,30-/m0/s1. The van der Waals surface area contributed by atoms with Gasteiger partial charge >= 0.3 is 0 Å². The molecule has 4 aliphatic carbocycles. The molecule has 0 amide bonds. The van der Waals surface area contributed by atoms with Crippen molar-refractivity contribution < 1.29 is 29.6 Å². The van der Waals surface area contributed by atoms with Gasteiger partial charge in [-0.15, -0.1) is 0 Å². The number of ketones is 2. The van der Waals surface area contributed by atoms with Crippen molar-refractivity contribution in [1.82, 2.24) is 0 Å². The highest BCUT2D eigenvalue weighted by Gasteiger charge is 2.73. The number of rotatable bonds is 1. The smallest absolute Gasteiger partial charge is 0.140 e. The Morgan fingerprint density at radius 2 is 1.69 bits per heavy atom. The van der Waals surface area contributed by atoms with Crippen molar-refractivity contribution >= 4 is 11.6 Å². The van der Waals surface area contributed by atoms with Crippen LogP contribution in [0.15, 0.2) is 11.6 Å². The summed E-state index contributed by atoms with van der Waals surface area (Å²) in [5, 5.41) is 32.4. The van der Waals surface area contributed by atoms with Crippen LogP contribution in [-0.2, 0) is 14.3 Å². The molecule has 1 heterocycles. The van der Waals surface area contributed by atoms with E-state index in [1.165, 1.54) is 0 Å². The van der Waals surface area contributed by atoms with Gasteiger partial charge in [-0.3, -0.25) is 9.59 Å². The number of Topliss-reactive ketones (excluding diaryl/α,β-unsaturated/α-hetero) is 2. The summed E-state index contributed by atoms with van der Waals surface area (Å²) in [6.07, 6.45) is 2.23. The van der Waals surface area contributed by atoms with Gasteiger partial charge in [-0.05, 0) is 55.8 Å². The molecule has 1 aliphatic heterocycles. The summed E-state index contributed by atoms with van der Waals surface area (Å²) >= 11 is 0. The molecule has 0 aromatic rings. The Bertz CT molecular complexity index is 1010. The minimum absolute atomic E-state index is 0.0432. The molecule has 0 aromatic heterocycles. The maximum atomic E-state index is 14.3. The molecule has 6 heteroatoms. The number of ether oxygens (including phenoxy) is 1. The second-order valence-corrected chi connectivity index (χ2v) is 14.7. The number of hydrogen-bond acceptors (Lipinski definition) is 6. The average Bonchev–Trinajstić information content (AvgIpc) is 2.88. The van der Waals surface area contributed by atoms with Crippen molar-refractivity contribution in [2.45, 2.75) is 118 Å². The van der Waals surface area contributed by atoms with Crippen molar-refractivity contribution in [3.8, 4) is 0 Å². The highest BCUT2D eigenvalue weighted by atomic mass is 16.5. The van der Waals surface area contributed by atoms with E-state index in [-0.39, 0.29) is 53.2 Å². The second kappa shape index (κ2) is 7.74. The van der Waals surface area contributed by atoms with Crippen molar-refractivity contribution in [2.24, 2.45) is 45.3 Å². The Morgan fingerprint density at radius 1 is 1.06 bits per heavy atom. The van der Waals surface area contributed by atoms with Gasteiger partial charge in [0.1, 0.15) is 11.6 Å². The van der Waals surface area contributed by atoms with E-state index in [9.17, 15) is 24.9 Å². The van der Waals surface area contributed by atoms with E-state index in [2.05, 4.69) is 26.8 Å². The first-order valence-electron chi connectivity index (χ1n) is 13.9. The summed E-state index contributed by atoms with van der Waals surface area (Å²) in [5.41, 5.74) is -1.93. The third-order valence-corrected chi connectivity index (χ3v) is 12.2. The van der Waals surface area contributed by atoms with Gasteiger partial charge in [-0.25, -0.2) is 0 Å². The number of carbonyl (C=O) groups is 2. The molecule has 0 unspecified atom stereocenters. The van der Waals surface area contributed by atoms with Crippen LogP contribution in [0.25, 0.3) is 0 Å². The topological polar surface area (TPSA) is 104 Å². The van der Waals surface area contributed by atoms with E-state index < -0.39 is 40.2 Å². The normalized spacial score (nSPS) is 52.5. The third kappa shape index (κ3) is 3.17. The Labute approximate surface area is 215 Å². The highest BCUT2D eigenvalue weighted by Crippen LogP contribution is 2.74. The third-order valence-electron chi connectivity index (χ3n) is 12.2. The molecule has 1 saturated heterocycles. The fourth-order valence-electron chi connectivity index (χ4n) is 9.82. The van der Waals surface area contributed by atoms with Crippen LogP contribution in [0, 0.1) is 45.3 Å². The SMILES string of the molecule is C[C@H]1C(=O)C[C@@H](C(C)(C)O)O[C@H]2C[C@@]3(C)[C@@H]4CC=C5[C@@H](C[C@@H](O)[C@@H](O)C5(C)C)[C@]4(C)C(=O)C[C@]3(C)[C@H]21. The van der Waals surface area contributed by atoms with Gasteiger partial charge in [0, 0.05) is 35.5 Å². The van der Waals surface area contributed by atoms with Crippen LogP contribution in [0.4, 0.5) is 0 Å². The lowest BCUT2D eigenvalue weighted by atomic mass is 9.38.